The van der Waals surface area contributed by atoms with Crippen molar-refractivity contribution < 1.29 is 5.11 Å². The van der Waals surface area contributed by atoms with E-state index in [0.29, 0.717) is 11.4 Å². The predicted molar refractivity (Wildman–Crippen MR) is 104 cm³/mol. The highest BCUT2D eigenvalue weighted by atomic mass is 35.5. The highest BCUT2D eigenvalue weighted by molar-refractivity contribution is 7.08. The maximum Gasteiger partial charge on any atom is 0.127 e. The van der Waals surface area contributed by atoms with Crippen molar-refractivity contribution in [1.82, 2.24) is 5.32 Å². The number of hydrogen-bond donors (Lipinski definition) is 2. The Labute approximate surface area is 155 Å². The lowest BCUT2D eigenvalue weighted by molar-refractivity contribution is 0.413. The molecule has 2 atom stereocenters. The molecule has 2 heterocycles. The second kappa shape index (κ2) is 7.00. The van der Waals surface area contributed by atoms with Crippen molar-refractivity contribution in [1.29, 1.82) is 0 Å². The molecule has 1 aliphatic rings. The highest BCUT2D eigenvalue weighted by Crippen LogP contribution is 2.36. The average molecular weight is 369 g/mol. The van der Waals surface area contributed by atoms with E-state index in [9.17, 15) is 5.11 Å². The third kappa shape index (κ3) is 3.47. The molecule has 2 aromatic carbocycles. The summed E-state index contributed by atoms with van der Waals surface area (Å²) < 4.78 is 0. The van der Waals surface area contributed by atoms with Gasteiger partial charge in [-0.3, -0.25) is 10.3 Å². The van der Waals surface area contributed by atoms with Crippen LogP contribution in [-0.4, -0.2) is 10.8 Å². The summed E-state index contributed by atoms with van der Waals surface area (Å²) in [5.74, 6) is 0.250. The minimum absolute atomic E-state index is 0.0590. The number of halogens is 1. The van der Waals surface area contributed by atoms with E-state index >= 15 is 0 Å². The van der Waals surface area contributed by atoms with Crippen LogP contribution >= 0.6 is 22.9 Å². The third-order valence-electron chi connectivity index (χ3n) is 4.37. The largest absolute Gasteiger partial charge is 0.508 e. The Morgan fingerprint density at radius 1 is 1.12 bits per heavy atom. The molecule has 4 rings (SSSR count). The van der Waals surface area contributed by atoms with Crippen LogP contribution in [0.2, 0.25) is 5.02 Å². The van der Waals surface area contributed by atoms with E-state index in [4.69, 9.17) is 16.6 Å². The Bertz CT molecular complexity index is 893. The molecule has 5 heteroatoms. The molecule has 0 radical (unpaired) electrons. The van der Waals surface area contributed by atoms with Gasteiger partial charge in [-0.05, 0) is 40.6 Å². The Kier molecular flexibility index (Phi) is 4.57. The number of aliphatic imine (C=N–C) groups is 1. The van der Waals surface area contributed by atoms with Gasteiger partial charge in [-0.1, -0.05) is 41.9 Å². The predicted octanol–water partition coefficient (Wildman–Crippen LogP) is 5.33. The Morgan fingerprint density at radius 2 is 1.96 bits per heavy atom. The number of rotatable bonds is 3. The minimum Gasteiger partial charge on any atom is -0.508 e. The normalized spacial score (nSPS) is 20.3. The lowest BCUT2D eigenvalue weighted by atomic mass is 9.94. The number of phenolic OH excluding ortho intramolecular Hbond substituents is 1. The van der Waals surface area contributed by atoms with Crippen LogP contribution in [0, 0.1) is 0 Å². The van der Waals surface area contributed by atoms with E-state index in [1.54, 1.807) is 23.5 Å². The zero-order chi connectivity index (χ0) is 17.2. The summed E-state index contributed by atoms with van der Waals surface area (Å²) in [6.07, 6.45) is 0.553. The monoisotopic (exact) mass is 368 g/mol. The van der Waals surface area contributed by atoms with Gasteiger partial charge in [0.1, 0.15) is 11.9 Å². The zero-order valence-corrected chi connectivity index (χ0v) is 15.0. The van der Waals surface area contributed by atoms with Gasteiger partial charge in [-0.25, -0.2) is 0 Å². The van der Waals surface area contributed by atoms with Crippen molar-refractivity contribution >= 4 is 28.6 Å². The summed E-state index contributed by atoms with van der Waals surface area (Å²) in [6, 6.07) is 17.4. The fraction of sp³-hybridized carbons (Fsp3) is 0.150. The van der Waals surface area contributed by atoms with Crippen LogP contribution in [0.25, 0.3) is 0 Å². The van der Waals surface area contributed by atoms with E-state index in [-0.39, 0.29) is 18.0 Å². The van der Waals surface area contributed by atoms with Crippen LogP contribution in [0.15, 0.2) is 70.3 Å². The number of thiophene rings is 1. The molecule has 1 aromatic heterocycles. The van der Waals surface area contributed by atoms with Gasteiger partial charge < -0.3 is 5.11 Å². The first-order valence-electron chi connectivity index (χ1n) is 8.09. The number of nitrogens with zero attached hydrogens (tertiary/aromatic N) is 1. The second-order valence-corrected chi connectivity index (χ2v) is 7.24. The summed E-state index contributed by atoms with van der Waals surface area (Å²) in [5, 5.41) is 18.6. The van der Waals surface area contributed by atoms with Crippen LogP contribution in [0.5, 0.6) is 5.75 Å². The summed E-state index contributed by atoms with van der Waals surface area (Å²) in [5.41, 5.74) is 4.07. The molecule has 0 fully saturated rings. The Hall–Kier alpha value is -2.14. The van der Waals surface area contributed by atoms with Gasteiger partial charge in [0.15, 0.2) is 0 Å². The number of nitrogens with one attached hydrogen (secondary N) is 1. The molecule has 0 spiro atoms. The molecule has 2 N–H and O–H groups in total. The van der Waals surface area contributed by atoms with Gasteiger partial charge in [-0.15, -0.1) is 0 Å². The molecule has 0 unspecified atom stereocenters. The summed E-state index contributed by atoms with van der Waals surface area (Å²) in [6.45, 7) is 0. The molecule has 1 aliphatic heterocycles. The molecule has 0 aliphatic carbocycles. The highest BCUT2D eigenvalue weighted by Gasteiger charge is 2.27. The van der Waals surface area contributed by atoms with Gasteiger partial charge >= 0.3 is 0 Å². The van der Waals surface area contributed by atoms with Gasteiger partial charge in [0.2, 0.25) is 0 Å². The molecule has 0 amide bonds. The molecule has 0 bridgehead atoms. The number of benzene rings is 2. The number of phenols is 1. The first-order chi connectivity index (χ1) is 12.2. The summed E-state index contributed by atoms with van der Waals surface area (Å²) in [7, 11) is 0. The molecule has 3 aromatic rings. The van der Waals surface area contributed by atoms with Gasteiger partial charge in [-0.2, -0.15) is 11.3 Å². The standard InChI is InChI=1S/C20H17ClN2OS/c21-15-6-7-19(24)16(10-15)18-11-17(13-4-2-1-3-5-13)22-20(23-18)14-8-9-25-12-14/h1-10,12,18,20,23-24H,11H2/t18-,20+/m1/s1. The third-order valence-corrected chi connectivity index (χ3v) is 5.31. The smallest absolute Gasteiger partial charge is 0.127 e. The molecular weight excluding hydrogens is 352 g/mol. The maximum absolute atomic E-state index is 10.3. The van der Waals surface area contributed by atoms with Crippen molar-refractivity contribution in [2.24, 2.45) is 4.99 Å². The molecule has 0 saturated carbocycles. The van der Waals surface area contributed by atoms with Crippen LogP contribution in [0.4, 0.5) is 0 Å². The van der Waals surface area contributed by atoms with E-state index in [0.717, 1.165) is 22.4 Å². The lowest BCUT2D eigenvalue weighted by Gasteiger charge is -2.30. The van der Waals surface area contributed by atoms with Crippen molar-refractivity contribution in [2.45, 2.75) is 18.6 Å². The van der Waals surface area contributed by atoms with E-state index in [2.05, 4.69) is 34.3 Å². The van der Waals surface area contributed by atoms with Gasteiger partial charge in [0.05, 0.1) is 0 Å². The van der Waals surface area contributed by atoms with Crippen LogP contribution in [0.1, 0.15) is 35.3 Å². The molecular formula is C20H17ClN2OS. The van der Waals surface area contributed by atoms with Crippen molar-refractivity contribution in [3.63, 3.8) is 0 Å². The van der Waals surface area contributed by atoms with E-state index < -0.39 is 0 Å². The molecule has 25 heavy (non-hydrogen) atoms. The van der Waals surface area contributed by atoms with E-state index in [1.165, 1.54) is 0 Å². The van der Waals surface area contributed by atoms with Gasteiger partial charge in [0, 0.05) is 34.3 Å². The molecule has 0 saturated heterocycles. The van der Waals surface area contributed by atoms with Crippen LogP contribution < -0.4 is 5.32 Å². The Morgan fingerprint density at radius 3 is 2.72 bits per heavy atom. The van der Waals surface area contributed by atoms with E-state index in [1.807, 2.05) is 24.3 Å². The number of aromatic hydroxyl groups is 1. The fourth-order valence-corrected chi connectivity index (χ4v) is 3.98. The van der Waals surface area contributed by atoms with Crippen molar-refractivity contribution in [3.05, 3.63) is 87.1 Å². The topological polar surface area (TPSA) is 44.6 Å². The number of hydrogen-bond acceptors (Lipinski definition) is 4. The lowest BCUT2D eigenvalue weighted by Crippen LogP contribution is -2.32. The van der Waals surface area contributed by atoms with Crippen LogP contribution in [-0.2, 0) is 0 Å². The second-order valence-electron chi connectivity index (χ2n) is 6.03. The SMILES string of the molecule is Oc1ccc(Cl)cc1[C@H]1CC(c2ccccc2)=N[C@H](c2ccsc2)N1. The maximum atomic E-state index is 10.3. The zero-order valence-electron chi connectivity index (χ0n) is 13.4. The van der Waals surface area contributed by atoms with Crippen molar-refractivity contribution in [3.8, 4) is 5.75 Å². The van der Waals surface area contributed by atoms with Crippen molar-refractivity contribution in [2.75, 3.05) is 0 Å². The minimum atomic E-state index is -0.140. The van der Waals surface area contributed by atoms with Gasteiger partial charge in [0.25, 0.3) is 0 Å². The summed E-state index contributed by atoms with van der Waals surface area (Å²) >= 11 is 7.81. The molecule has 3 nitrogen and oxygen atoms in total. The average Bonchev–Trinajstić information content (AvgIpc) is 3.19. The molecule has 126 valence electrons. The Balaban J connectivity index is 1.75. The van der Waals surface area contributed by atoms with Crippen LogP contribution in [0.3, 0.4) is 0 Å². The first kappa shape index (κ1) is 16.3. The summed E-state index contributed by atoms with van der Waals surface area (Å²) in [4.78, 5) is 4.92. The fourth-order valence-electron chi connectivity index (χ4n) is 3.12. The quantitative estimate of drug-likeness (QED) is 0.656. The first-order valence-corrected chi connectivity index (χ1v) is 9.41.